The number of halogens is 1. The Bertz CT molecular complexity index is 350. The van der Waals surface area contributed by atoms with Crippen LogP contribution in [0.3, 0.4) is 0 Å². The predicted molar refractivity (Wildman–Crippen MR) is 59.6 cm³/mol. The van der Waals surface area contributed by atoms with Crippen LogP contribution < -0.4 is 5.73 Å². The molecule has 0 aliphatic carbocycles. The molecule has 13 heavy (non-hydrogen) atoms. The van der Waals surface area contributed by atoms with E-state index >= 15 is 0 Å². The molecule has 0 saturated heterocycles. The third-order valence-electron chi connectivity index (χ3n) is 1.76. The Morgan fingerprint density at radius 1 is 1.54 bits per heavy atom. The summed E-state index contributed by atoms with van der Waals surface area (Å²) < 4.78 is 5.58. The molecule has 0 saturated carbocycles. The van der Waals surface area contributed by atoms with Crippen LogP contribution in [0, 0.1) is 10.5 Å². The first-order valence-corrected chi connectivity index (χ1v) is 4.78. The van der Waals surface area contributed by atoms with Crippen LogP contribution in [0.15, 0.2) is 12.1 Å². The highest BCUT2D eigenvalue weighted by Gasteiger charge is 2.12. The maximum Gasteiger partial charge on any atom is 0.340 e. The Morgan fingerprint density at radius 2 is 2.15 bits per heavy atom. The van der Waals surface area contributed by atoms with Gasteiger partial charge in [-0.1, -0.05) is 0 Å². The van der Waals surface area contributed by atoms with Crippen molar-refractivity contribution in [2.75, 3.05) is 12.8 Å². The zero-order valence-electron chi connectivity index (χ0n) is 7.43. The van der Waals surface area contributed by atoms with E-state index in [4.69, 9.17) is 5.73 Å². The molecule has 3 nitrogen and oxygen atoms in total. The number of ether oxygens (including phenoxy) is 1. The summed E-state index contributed by atoms with van der Waals surface area (Å²) in [5.41, 5.74) is 7.55. The third kappa shape index (κ3) is 2.12. The Morgan fingerprint density at radius 3 is 2.69 bits per heavy atom. The number of hydrogen-bond donors (Lipinski definition) is 1. The number of benzene rings is 1. The minimum absolute atomic E-state index is 0.390. The van der Waals surface area contributed by atoms with Gasteiger partial charge in [-0.2, -0.15) is 0 Å². The standard InChI is InChI=1S/C9H10INO2/c1-5-3-6(10)4-7(8(5)11)9(12)13-2/h3-4H,11H2,1-2H3. The fourth-order valence-electron chi connectivity index (χ4n) is 1.03. The van der Waals surface area contributed by atoms with Crippen molar-refractivity contribution in [1.82, 2.24) is 0 Å². The van der Waals surface area contributed by atoms with E-state index < -0.39 is 0 Å². The Labute approximate surface area is 90.4 Å². The smallest absolute Gasteiger partial charge is 0.340 e. The normalized spacial score (nSPS) is 9.77. The van der Waals surface area contributed by atoms with Gasteiger partial charge >= 0.3 is 5.97 Å². The molecule has 2 N–H and O–H groups in total. The number of aryl methyl sites for hydroxylation is 1. The van der Waals surface area contributed by atoms with Crippen molar-refractivity contribution in [3.05, 3.63) is 26.8 Å². The van der Waals surface area contributed by atoms with Crippen molar-refractivity contribution in [1.29, 1.82) is 0 Å². The molecule has 1 aromatic carbocycles. The summed E-state index contributed by atoms with van der Waals surface area (Å²) >= 11 is 2.13. The molecule has 0 aliphatic heterocycles. The summed E-state index contributed by atoms with van der Waals surface area (Å²) in [7, 11) is 1.34. The highest BCUT2D eigenvalue weighted by molar-refractivity contribution is 14.1. The SMILES string of the molecule is COC(=O)c1cc(I)cc(C)c1N. The van der Waals surface area contributed by atoms with Gasteiger partial charge < -0.3 is 10.5 Å². The van der Waals surface area contributed by atoms with Gasteiger partial charge in [0, 0.05) is 9.26 Å². The lowest BCUT2D eigenvalue weighted by Crippen LogP contribution is -2.07. The van der Waals surface area contributed by atoms with Crippen LogP contribution in [0.5, 0.6) is 0 Å². The van der Waals surface area contributed by atoms with Crippen LogP contribution in [-0.4, -0.2) is 13.1 Å². The molecule has 4 heteroatoms. The molecule has 1 rings (SSSR count). The molecule has 0 fully saturated rings. The third-order valence-corrected chi connectivity index (χ3v) is 2.38. The Balaban J connectivity index is 3.28. The van der Waals surface area contributed by atoms with Gasteiger partial charge in [-0.05, 0) is 47.2 Å². The molecule has 0 spiro atoms. The lowest BCUT2D eigenvalue weighted by Gasteiger charge is -2.07. The summed E-state index contributed by atoms with van der Waals surface area (Å²) in [5, 5.41) is 0. The lowest BCUT2D eigenvalue weighted by atomic mass is 10.1. The number of carbonyl (C=O) groups is 1. The molecule has 0 bridgehead atoms. The number of rotatable bonds is 1. The van der Waals surface area contributed by atoms with Crippen molar-refractivity contribution >= 4 is 34.2 Å². The number of esters is 1. The minimum Gasteiger partial charge on any atom is -0.465 e. The molecule has 1 aromatic rings. The first-order valence-electron chi connectivity index (χ1n) is 3.70. The van der Waals surface area contributed by atoms with Crippen LogP contribution in [0.25, 0.3) is 0 Å². The molecule has 0 heterocycles. The number of anilines is 1. The molecule has 0 radical (unpaired) electrons. The first kappa shape index (κ1) is 10.3. The van der Waals surface area contributed by atoms with Gasteiger partial charge in [-0.15, -0.1) is 0 Å². The van der Waals surface area contributed by atoms with Gasteiger partial charge in [-0.25, -0.2) is 4.79 Å². The van der Waals surface area contributed by atoms with Crippen LogP contribution in [-0.2, 0) is 4.74 Å². The fraction of sp³-hybridized carbons (Fsp3) is 0.222. The van der Waals surface area contributed by atoms with E-state index in [2.05, 4.69) is 27.3 Å². The topological polar surface area (TPSA) is 52.3 Å². The second-order valence-corrected chi connectivity index (χ2v) is 3.92. The minimum atomic E-state index is -0.390. The number of methoxy groups -OCH3 is 1. The van der Waals surface area contributed by atoms with Crippen molar-refractivity contribution in [3.8, 4) is 0 Å². The molecule has 0 unspecified atom stereocenters. The largest absolute Gasteiger partial charge is 0.465 e. The van der Waals surface area contributed by atoms with E-state index in [1.54, 1.807) is 6.07 Å². The maximum absolute atomic E-state index is 11.2. The van der Waals surface area contributed by atoms with Gasteiger partial charge in [0.05, 0.1) is 12.7 Å². The Hall–Kier alpha value is -0.780. The van der Waals surface area contributed by atoms with Crippen molar-refractivity contribution in [2.24, 2.45) is 0 Å². The van der Waals surface area contributed by atoms with E-state index in [0.717, 1.165) is 9.13 Å². The Kier molecular flexibility index (Phi) is 3.13. The van der Waals surface area contributed by atoms with Crippen molar-refractivity contribution < 1.29 is 9.53 Å². The fourth-order valence-corrected chi connectivity index (χ4v) is 1.81. The van der Waals surface area contributed by atoms with E-state index in [1.165, 1.54) is 7.11 Å². The summed E-state index contributed by atoms with van der Waals surface area (Å²) in [6, 6.07) is 3.64. The molecular weight excluding hydrogens is 281 g/mol. The van der Waals surface area contributed by atoms with E-state index in [9.17, 15) is 4.79 Å². The quantitative estimate of drug-likeness (QED) is 0.489. The first-order chi connectivity index (χ1) is 6.06. The summed E-state index contributed by atoms with van der Waals surface area (Å²) in [6.07, 6.45) is 0. The molecule has 0 aliphatic rings. The molecular formula is C9H10INO2. The number of carbonyl (C=O) groups excluding carboxylic acids is 1. The van der Waals surface area contributed by atoms with Gasteiger partial charge in [0.1, 0.15) is 0 Å². The summed E-state index contributed by atoms with van der Waals surface area (Å²) in [5.74, 6) is -0.390. The van der Waals surface area contributed by atoms with Crippen LogP contribution in [0.4, 0.5) is 5.69 Å². The molecule has 0 amide bonds. The predicted octanol–water partition coefficient (Wildman–Crippen LogP) is 1.97. The number of hydrogen-bond acceptors (Lipinski definition) is 3. The van der Waals surface area contributed by atoms with E-state index in [1.807, 2.05) is 13.0 Å². The zero-order valence-corrected chi connectivity index (χ0v) is 9.58. The lowest BCUT2D eigenvalue weighted by molar-refractivity contribution is 0.0602. The van der Waals surface area contributed by atoms with Gasteiger partial charge in [0.2, 0.25) is 0 Å². The monoisotopic (exact) mass is 291 g/mol. The van der Waals surface area contributed by atoms with Gasteiger partial charge in [0.15, 0.2) is 0 Å². The average Bonchev–Trinajstić information content (AvgIpc) is 2.10. The molecule has 70 valence electrons. The second-order valence-electron chi connectivity index (χ2n) is 2.68. The average molecular weight is 291 g/mol. The highest BCUT2D eigenvalue weighted by atomic mass is 127. The van der Waals surface area contributed by atoms with E-state index in [-0.39, 0.29) is 5.97 Å². The second kappa shape index (κ2) is 3.95. The van der Waals surface area contributed by atoms with Crippen molar-refractivity contribution in [2.45, 2.75) is 6.92 Å². The number of nitrogens with two attached hydrogens (primary N) is 1. The van der Waals surface area contributed by atoms with Crippen LogP contribution in [0.1, 0.15) is 15.9 Å². The van der Waals surface area contributed by atoms with Gasteiger partial charge in [-0.3, -0.25) is 0 Å². The van der Waals surface area contributed by atoms with Crippen molar-refractivity contribution in [3.63, 3.8) is 0 Å². The zero-order chi connectivity index (χ0) is 10.0. The molecule has 0 aromatic heterocycles. The maximum atomic E-state index is 11.2. The number of nitrogen functional groups attached to an aromatic ring is 1. The summed E-state index contributed by atoms with van der Waals surface area (Å²) in [6.45, 7) is 1.87. The summed E-state index contributed by atoms with van der Waals surface area (Å²) in [4.78, 5) is 11.2. The van der Waals surface area contributed by atoms with Gasteiger partial charge in [0.25, 0.3) is 0 Å². The van der Waals surface area contributed by atoms with Crippen LogP contribution in [0.2, 0.25) is 0 Å². The van der Waals surface area contributed by atoms with E-state index in [0.29, 0.717) is 11.3 Å². The van der Waals surface area contributed by atoms with Crippen LogP contribution >= 0.6 is 22.6 Å². The highest BCUT2D eigenvalue weighted by Crippen LogP contribution is 2.21. The molecule has 0 atom stereocenters.